The van der Waals surface area contributed by atoms with Gasteiger partial charge in [-0.25, -0.2) is 8.42 Å². The van der Waals surface area contributed by atoms with Crippen molar-refractivity contribution in [1.29, 1.82) is 0 Å². The molecule has 0 atom stereocenters. The lowest BCUT2D eigenvalue weighted by Crippen LogP contribution is -2.14. The number of aromatic nitrogens is 2. The average Bonchev–Trinajstić information content (AvgIpc) is 2.67. The molecular weight excluding hydrogens is 250 g/mol. The second kappa shape index (κ2) is 4.45. The van der Waals surface area contributed by atoms with Gasteiger partial charge in [0.15, 0.2) is 0 Å². The van der Waals surface area contributed by atoms with E-state index < -0.39 is 10.0 Å². The van der Waals surface area contributed by atoms with E-state index in [1.807, 2.05) is 13.8 Å². The monoisotopic (exact) mass is 265 g/mol. The van der Waals surface area contributed by atoms with E-state index in [2.05, 4.69) is 14.9 Å². The third kappa shape index (κ3) is 2.38. The second-order valence-corrected chi connectivity index (χ2v) is 5.96. The Labute approximate surface area is 106 Å². The van der Waals surface area contributed by atoms with E-state index in [-0.39, 0.29) is 4.90 Å². The number of nitrogens with zero attached hydrogens (tertiary/aromatic N) is 1. The summed E-state index contributed by atoms with van der Waals surface area (Å²) in [5.74, 6) is 0.397. The Hall–Kier alpha value is -1.82. The van der Waals surface area contributed by atoms with Crippen LogP contribution in [0.2, 0.25) is 0 Å². The van der Waals surface area contributed by atoms with Crippen LogP contribution in [0.4, 0.5) is 5.82 Å². The van der Waals surface area contributed by atoms with Crippen LogP contribution >= 0.6 is 0 Å². The van der Waals surface area contributed by atoms with Gasteiger partial charge in [0.25, 0.3) is 10.0 Å². The highest BCUT2D eigenvalue weighted by Crippen LogP contribution is 2.19. The van der Waals surface area contributed by atoms with Crippen molar-refractivity contribution in [3.63, 3.8) is 0 Å². The van der Waals surface area contributed by atoms with Crippen LogP contribution in [0.1, 0.15) is 16.7 Å². The number of aromatic amines is 1. The molecule has 0 amide bonds. The number of aryl methyl sites for hydroxylation is 3. The normalized spacial score (nSPS) is 11.5. The molecule has 0 unspecified atom stereocenters. The van der Waals surface area contributed by atoms with Gasteiger partial charge in [0, 0.05) is 5.56 Å². The predicted molar refractivity (Wildman–Crippen MR) is 70.0 cm³/mol. The fourth-order valence-electron chi connectivity index (χ4n) is 1.52. The number of sulfonamides is 1. The molecule has 0 saturated heterocycles. The third-order valence-electron chi connectivity index (χ3n) is 2.85. The molecule has 1 aromatic heterocycles. The molecule has 18 heavy (non-hydrogen) atoms. The molecule has 6 heteroatoms. The number of H-pyrrole nitrogens is 1. The molecule has 2 N–H and O–H groups in total. The van der Waals surface area contributed by atoms with Crippen molar-refractivity contribution in [2.45, 2.75) is 25.7 Å². The fourth-order valence-corrected chi connectivity index (χ4v) is 2.70. The van der Waals surface area contributed by atoms with E-state index in [0.717, 1.165) is 16.7 Å². The zero-order chi connectivity index (χ0) is 13.3. The van der Waals surface area contributed by atoms with E-state index in [4.69, 9.17) is 0 Å². The first-order valence-corrected chi connectivity index (χ1v) is 6.98. The standard InChI is InChI=1S/C12H15N3O2S/c1-8-4-5-11(6-9(8)2)18(16,17)15-12-10(3)7-13-14-12/h4-7H,1-3H3,(H2,13,14,15). The molecule has 0 saturated carbocycles. The van der Waals surface area contributed by atoms with E-state index in [1.165, 1.54) is 0 Å². The molecule has 96 valence electrons. The minimum Gasteiger partial charge on any atom is -0.264 e. The van der Waals surface area contributed by atoms with Gasteiger partial charge in [-0.05, 0) is 44.0 Å². The van der Waals surface area contributed by atoms with Crippen LogP contribution in [-0.2, 0) is 10.0 Å². The van der Waals surface area contributed by atoms with Crippen LogP contribution in [0.3, 0.4) is 0 Å². The van der Waals surface area contributed by atoms with Gasteiger partial charge in [-0.2, -0.15) is 5.10 Å². The summed E-state index contributed by atoms with van der Waals surface area (Å²) in [6.07, 6.45) is 1.57. The zero-order valence-corrected chi connectivity index (χ0v) is 11.3. The minimum absolute atomic E-state index is 0.250. The molecule has 5 nitrogen and oxygen atoms in total. The van der Waals surface area contributed by atoms with Crippen molar-refractivity contribution in [3.05, 3.63) is 41.1 Å². The Morgan fingerprint density at radius 2 is 1.83 bits per heavy atom. The SMILES string of the molecule is Cc1ccc(S(=O)(=O)Nc2[nH]ncc2C)cc1C. The molecule has 0 aliphatic carbocycles. The second-order valence-electron chi connectivity index (χ2n) is 4.28. The first kappa shape index (κ1) is 12.6. The largest absolute Gasteiger partial charge is 0.264 e. The highest BCUT2D eigenvalue weighted by atomic mass is 32.2. The highest BCUT2D eigenvalue weighted by molar-refractivity contribution is 7.92. The van der Waals surface area contributed by atoms with E-state index in [0.29, 0.717) is 5.82 Å². The molecule has 0 aliphatic rings. The van der Waals surface area contributed by atoms with Crippen LogP contribution in [0.15, 0.2) is 29.3 Å². The Kier molecular flexibility index (Phi) is 3.13. The molecule has 0 spiro atoms. The number of hydrogen-bond acceptors (Lipinski definition) is 3. The van der Waals surface area contributed by atoms with Gasteiger partial charge in [0.05, 0.1) is 11.1 Å². The number of anilines is 1. The molecule has 1 aromatic carbocycles. The molecule has 2 aromatic rings. The van der Waals surface area contributed by atoms with Crippen LogP contribution in [0.25, 0.3) is 0 Å². The Morgan fingerprint density at radius 3 is 2.39 bits per heavy atom. The number of benzene rings is 1. The van der Waals surface area contributed by atoms with Gasteiger partial charge in [-0.3, -0.25) is 9.82 Å². The lowest BCUT2D eigenvalue weighted by Gasteiger charge is -2.08. The van der Waals surface area contributed by atoms with Crippen LogP contribution < -0.4 is 4.72 Å². The van der Waals surface area contributed by atoms with Gasteiger partial charge < -0.3 is 0 Å². The van der Waals surface area contributed by atoms with Gasteiger partial charge in [0.2, 0.25) is 0 Å². The van der Waals surface area contributed by atoms with Crippen LogP contribution in [0.5, 0.6) is 0 Å². The van der Waals surface area contributed by atoms with Crippen molar-refractivity contribution < 1.29 is 8.42 Å². The summed E-state index contributed by atoms with van der Waals surface area (Å²) in [6.45, 7) is 5.61. The summed E-state index contributed by atoms with van der Waals surface area (Å²) >= 11 is 0. The van der Waals surface area contributed by atoms with Crippen molar-refractivity contribution in [2.75, 3.05) is 4.72 Å². The topological polar surface area (TPSA) is 74.8 Å². The third-order valence-corrected chi connectivity index (χ3v) is 4.20. The zero-order valence-electron chi connectivity index (χ0n) is 10.5. The van der Waals surface area contributed by atoms with Crippen molar-refractivity contribution in [3.8, 4) is 0 Å². The molecule has 0 fully saturated rings. The summed E-state index contributed by atoms with van der Waals surface area (Å²) in [5, 5.41) is 6.40. The van der Waals surface area contributed by atoms with E-state index in [1.54, 1.807) is 31.3 Å². The summed E-state index contributed by atoms with van der Waals surface area (Å²) in [4.78, 5) is 0.250. The van der Waals surface area contributed by atoms with Gasteiger partial charge in [-0.1, -0.05) is 6.07 Å². The molecule has 2 rings (SSSR count). The first-order valence-electron chi connectivity index (χ1n) is 5.50. The summed E-state index contributed by atoms with van der Waals surface area (Å²) < 4.78 is 26.8. The number of rotatable bonds is 3. The maximum absolute atomic E-state index is 12.2. The van der Waals surface area contributed by atoms with Crippen molar-refractivity contribution in [1.82, 2.24) is 10.2 Å². The molecular formula is C12H15N3O2S. The Morgan fingerprint density at radius 1 is 1.11 bits per heavy atom. The lowest BCUT2D eigenvalue weighted by molar-refractivity contribution is 0.601. The van der Waals surface area contributed by atoms with Gasteiger partial charge in [-0.15, -0.1) is 0 Å². The lowest BCUT2D eigenvalue weighted by atomic mass is 10.1. The molecule has 0 aliphatic heterocycles. The van der Waals surface area contributed by atoms with Crippen molar-refractivity contribution >= 4 is 15.8 Å². The fraction of sp³-hybridized carbons (Fsp3) is 0.250. The maximum Gasteiger partial charge on any atom is 0.263 e. The van der Waals surface area contributed by atoms with Gasteiger partial charge >= 0.3 is 0 Å². The Balaban J connectivity index is 2.37. The van der Waals surface area contributed by atoms with Gasteiger partial charge in [0.1, 0.15) is 5.82 Å². The number of hydrogen-bond donors (Lipinski definition) is 2. The summed E-state index contributed by atoms with van der Waals surface area (Å²) in [7, 11) is -3.57. The molecule has 0 radical (unpaired) electrons. The molecule has 1 heterocycles. The van der Waals surface area contributed by atoms with E-state index >= 15 is 0 Å². The Bertz CT molecular complexity index is 674. The quantitative estimate of drug-likeness (QED) is 0.892. The smallest absolute Gasteiger partial charge is 0.263 e. The predicted octanol–water partition coefficient (Wildman–Crippen LogP) is 2.14. The first-order chi connectivity index (χ1) is 8.40. The molecule has 0 bridgehead atoms. The summed E-state index contributed by atoms with van der Waals surface area (Å²) in [6, 6.07) is 5.05. The average molecular weight is 265 g/mol. The summed E-state index contributed by atoms with van der Waals surface area (Å²) in [5.41, 5.74) is 2.76. The minimum atomic E-state index is -3.57. The number of nitrogens with one attached hydrogen (secondary N) is 2. The highest BCUT2D eigenvalue weighted by Gasteiger charge is 2.16. The maximum atomic E-state index is 12.2. The van der Waals surface area contributed by atoms with Crippen LogP contribution in [0, 0.1) is 20.8 Å². The van der Waals surface area contributed by atoms with Crippen molar-refractivity contribution in [2.24, 2.45) is 0 Å². The van der Waals surface area contributed by atoms with E-state index in [9.17, 15) is 8.42 Å². The van der Waals surface area contributed by atoms with Crippen LogP contribution in [-0.4, -0.2) is 18.6 Å².